The summed E-state index contributed by atoms with van der Waals surface area (Å²) < 4.78 is 16.2. The Labute approximate surface area is 136 Å². The topological polar surface area (TPSA) is 17.8 Å². The average Bonchev–Trinajstić information content (AvgIpc) is 2.91. The first kappa shape index (κ1) is 14.3. The van der Waals surface area contributed by atoms with Crippen molar-refractivity contribution in [1.82, 2.24) is 9.78 Å². The minimum Gasteiger partial charge on any atom is -0.268 e. The van der Waals surface area contributed by atoms with Crippen LogP contribution in [-0.4, -0.2) is 9.78 Å². The number of hydrogen-bond donors (Lipinski definition) is 0. The SMILES string of the molecule is Cc1cc(F)ccc1Cn1cc(-c2ccccc2I)cn1. The summed E-state index contributed by atoms with van der Waals surface area (Å²) in [5.41, 5.74) is 4.30. The Kier molecular flexibility index (Phi) is 4.05. The van der Waals surface area contributed by atoms with Crippen LogP contribution in [0.2, 0.25) is 0 Å². The van der Waals surface area contributed by atoms with Crippen molar-refractivity contribution < 1.29 is 4.39 Å². The first-order valence-corrected chi connectivity index (χ1v) is 7.74. The molecule has 0 radical (unpaired) electrons. The van der Waals surface area contributed by atoms with Gasteiger partial charge < -0.3 is 0 Å². The normalized spacial score (nSPS) is 10.8. The molecule has 1 heterocycles. The Bertz CT molecular complexity index is 780. The average molecular weight is 392 g/mol. The van der Waals surface area contributed by atoms with Crippen molar-refractivity contribution in [1.29, 1.82) is 0 Å². The van der Waals surface area contributed by atoms with Crippen LogP contribution in [0.5, 0.6) is 0 Å². The molecule has 0 bridgehead atoms. The van der Waals surface area contributed by atoms with Gasteiger partial charge >= 0.3 is 0 Å². The van der Waals surface area contributed by atoms with Crippen LogP contribution < -0.4 is 0 Å². The van der Waals surface area contributed by atoms with E-state index in [9.17, 15) is 4.39 Å². The number of halogens is 2. The van der Waals surface area contributed by atoms with Gasteiger partial charge in [-0.15, -0.1) is 0 Å². The second-order valence-electron chi connectivity index (χ2n) is 4.98. The van der Waals surface area contributed by atoms with Gasteiger partial charge in [-0.25, -0.2) is 4.39 Å². The highest BCUT2D eigenvalue weighted by Gasteiger charge is 2.07. The van der Waals surface area contributed by atoms with Crippen LogP contribution in [0.1, 0.15) is 11.1 Å². The largest absolute Gasteiger partial charge is 0.268 e. The van der Waals surface area contributed by atoms with Gasteiger partial charge in [0.1, 0.15) is 5.82 Å². The molecule has 4 heteroatoms. The maximum absolute atomic E-state index is 13.1. The smallest absolute Gasteiger partial charge is 0.123 e. The van der Waals surface area contributed by atoms with Gasteiger partial charge in [-0.3, -0.25) is 4.68 Å². The van der Waals surface area contributed by atoms with E-state index in [2.05, 4.69) is 39.8 Å². The first-order valence-electron chi connectivity index (χ1n) is 6.66. The Morgan fingerprint density at radius 2 is 2.00 bits per heavy atom. The summed E-state index contributed by atoms with van der Waals surface area (Å²) in [6, 6.07) is 13.1. The molecule has 2 aromatic carbocycles. The highest BCUT2D eigenvalue weighted by molar-refractivity contribution is 14.1. The molecule has 0 aliphatic rings. The summed E-state index contributed by atoms with van der Waals surface area (Å²) >= 11 is 2.33. The van der Waals surface area contributed by atoms with Gasteiger partial charge in [-0.05, 0) is 64.4 Å². The summed E-state index contributed by atoms with van der Waals surface area (Å²) in [6.45, 7) is 2.57. The third kappa shape index (κ3) is 3.15. The maximum atomic E-state index is 13.1. The second kappa shape index (κ2) is 5.97. The van der Waals surface area contributed by atoms with E-state index in [1.807, 2.05) is 42.2 Å². The Hall–Kier alpha value is -1.69. The minimum absolute atomic E-state index is 0.198. The molecule has 0 aliphatic carbocycles. The minimum atomic E-state index is -0.198. The zero-order valence-corrected chi connectivity index (χ0v) is 13.7. The van der Waals surface area contributed by atoms with Crippen LogP contribution in [0.3, 0.4) is 0 Å². The lowest BCUT2D eigenvalue weighted by molar-refractivity contribution is 0.622. The van der Waals surface area contributed by atoms with E-state index in [1.54, 1.807) is 6.07 Å². The van der Waals surface area contributed by atoms with Gasteiger partial charge in [0.05, 0.1) is 12.7 Å². The lowest BCUT2D eigenvalue weighted by atomic mass is 10.1. The van der Waals surface area contributed by atoms with Crippen LogP contribution in [0, 0.1) is 16.3 Å². The molecular weight excluding hydrogens is 378 g/mol. The molecule has 0 atom stereocenters. The van der Waals surface area contributed by atoms with Crippen molar-refractivity contribution in [2.75, 3.05) is 0 Å². The van der Waals surface area contributed by atoms with Gasteiger partial charge in [0.25, 0.3) is 0 Å². The number of rotatable bonds is 3. The summed E-state index contributed by atoms with van der Waals surface area (Å²) in [6.07, 6.45) is 3.90. The number of aromatic nitrogens is 2. The molecule has 106 valence electrons. The van der Waals surface area contributed by atoms with Crippen LogP contribution in [0.15, 0.2) is 54.9 Å². The summed E-state index contributed by atoms with van der Waals surface area (Å²) in [7, 11) is 0. The number of nitrogens with zero attached hydrogens (tertiary/aromatic N) is 2. The summed E-state index contributed by atoms with van der Waals surface area (Å²) in [5.74, 6) is -0.198. The molecule has 0 saturated heterocycles. The third-order valence-electron chi connectivity index (χ3n) is 3.46. The molecule has 3 aromatic rings. The molecule has 0 unspecified atom stereocenters. The fraction of sp³-hybridized carbons (Fsp3) is 0.118. The van der Waals surface area contributed by atoms with E-state index in [4.69, 9.17) is 0 Å². The van der Waals surface area contributed by atoms with Crippen LogP contribution in [-0.2, 0) is 6.54 Å². The van der Waals surface area contributed by atoms with Crippen LogP contribution in [0.4, 0.5) is 4.39 Å². The maximum Gasteiger partial charge on any atom is 0.123 e. The van der Waals surface area contributed by atoms with E-state index >= 15 is 0 Å². The Balaban J connectivity index is 1.87. The first-order chi connectivity index (χ1) is 10.1. The number of hydrogen-bond acceptors (Lipinski definition) is 1. The molecule has 0 spiro atoms. The monoisotopic (exact) mass is 392 g/mol. The van der Waals surface area contributed by atoms with Gasteiger partial charge in [0.15, 0.2) is 0 Å². The predicted octanol–water partition coefficient (Wildman–Crippen LogP) is 4.65. The molecule has 0 N–H and O–H groups in total. The lowest BCUT2D eigenvalue weighted by Gasteiger charge is -2.06. The van der Waals surface area contributed by atoms with Gasteiger partial charge in [-0.1, -0.05) is 24.3 Å². The van der Waals surface area contributed by atoms with Gasteiger partial charge in [-0.2, -0.15) is 5.10 Å². The van der Waals surface area contributed by atoms with Crippen molar-refractivity contribution in [2.24, 2.45) is 0 Å². The highest BCUT2D eigenvalue weighted by Crippen LogP contribution is 2.24. The molecule has 0 fully saturated rings. The Morgan fingerprint density at radius 1 is 1.19 bits per heavy atom. The fourth-order valence-corrected chi connectivity index (χ4v) is 2.99. The summed E-state index contributed by atoms with van der Waals surface area (Å²) in [4.78, 5) is 0. The van der Waals surface area contributed by atoms with E-state index in [-0.39, 0.29) is 5.82 Å². The number of aryl methyl sites for hydroxylation is 1. The Morgan fingerprint density at radius 3 is 2.76 bits per heavy atom. The van der Waals surface area contributed by atoms with Crippen molar-refractivity contribution in [3.8, 4) is 11.1 Å². The van der Waals surface area contributed by atoms with E-state index in [1.165, 1.54) is 15.2 Å². The molecule has 1 aromatic heterocycles. The zero-order chi connectivity index (χ0) is 14.8. The van der Waals surface area contributed by atoms with Gasteiger partial charge in [0.2, 0.25) is 0 Å². The van der Waals surface area contributed by atoms with Crippen LogP contribution in [0.25, 0.3) is 11.1 Å². The zero-order valence-electron chi connectivity index (χ0n) is 11.6. The third-order valence-corrected chi connectivity index (χ3v) is 4.40. The molecule has 0 amide bonds. The molecule has 21 heavy (non-hydrogen) atoms. The standard InChI is InChI=1S/C17H14FIN2/c1-12-8-15(18)7-6-13(12)10-21-11-14(9-20-21)16-4-2-3-5-17(16)19/h2-9,11H,10H2,1H3. The molecule has 0 saturated carbocycles. The molecule has 0 aliphatic heterocycles. The van der Waals surface area contributed by atoms with Crippen molar-refractivity contribution in [3.63, 3.8) is 0 Å². The predicted molar refractivity (Wildman–Crippen MR) is 90.6 cm³/mol. The highest BCUT2D eigenvalue weighted by atomic mass is 127. The summed E-state index contributed by atoms with van der Waals surface area (Å²) in [5, 5.41) is 4.41. The lowest BCUT2D eigenvalue weighted by Crippen LogP contribution is -2.02. The van der Waals surface area contributed by atoms with Gasteiger partial charge in [0, 0.05) is 15.3 Å². The van der Waals surface area contributed by atoms with Crippen LogP contribution >= 0.6 is 22.6 Å². The molecule has 2 nitrogen and oxygen atoms in total. The number of benzene rings is 2. The van der Waals surface area contributed by atoms with Crippen molar-refractivity contribution >= 4 is 22.6 Å². The fourth-order valence-electron chi connectivity index (χ4n) is 2.30. The quantitative estimate of drug-likeness (QED) is 0.594. The van der Waals surface area contributed by atoms with Crippen molar-refractivity contribution in [2.45, 2.75) is 13.5 Å². The van der Waals surface area contributed by atoms with E-state index < -0.39 is 0 Å². The molecule has 3 rings (SSSR count). The molecular formula is C17H14FIN2. The second-order valence-corrected chi connectivity index (χ2v) is 6.14. The van der Waals surface area contributed by atoms with E-state index in [0.717, 1.165) is 16.7 Å². The van der Waals surface area contributed by atoms with Crippen molar-refractivity contribution in [3.05, 3.63) is 75.4 Å². The van der Waals surface area contributed by atoms with E-state index in [0.29, 0.717) is 6.54 Å².